The molecule has 1 aromatic heterocycles. The second kappa shape index (κ2) is 6.56. The fourth-order valence-electron chi connectivity index (χ4n) is 1.65. The minimum Gasteiger partial charge on any atom is -0.480 e. The van der Waals surface area contributed by atoms with Gasteiger partial charge in [-0.3, -0.25) is 10.1 Å². The first kappa shape index (κ1) is 15.3. The molecule has 106 valence electrons. The van der Waals surface area contributed by atoms with Gasteiger partial charge < -0.3 is 9.52 Å². The molecule has 0 aliphatic heterocycles. The maximum absolute atomic E-state index is 10.7. The van der Waals surface area contributed by atoms with Gasteiger partial charge >= 0.3 is 5.97 Å². The van der Waals surface area contributed by atoms with Crippen molar-refractivity contribution in [3.05, 3.63) is 45.0 Å². The number of carboxylic acid groups (broad SMARTS) is 1. The Bertz CT molecular complexity index is 625. The lowest BCUT2D eigenvalue weighted by Gasteiger charge is -2.07. The van der Waals surface area contributed by atoms with E-state index < -0.39 is 12.0 Å². The van der Waals surface area contributed by atoms with Crippen molar-refractivity contribution < 1.29 is 14.3 Å². The van der Waals surface area contributed by atoms with E-state index in [1.807, 2.05) is 30.3 Å². The average Bonchev–Trinajstić information content (AvgIpc) is 2.84. The normalized spacial score (nSPS) is 12.3. The first-order valence-electron chi connectivity index (χ1n) is 5.97. The smallest absolute Gasteiger partial charge is 0.320 e. The van der Waals surface area contributed by atoms with Crippen LogP contribution in [0.1, 0.15) is 12.7 Å². The number of benzene rings is 1. The standard InChI is InChI=1S/C14H13Br2NO3/c1-8(14(18)19)17-7-10-3-5-13(20-10)11-4-2-9(15)6-12(11)16/h2-6,8,17H,7H2,1H3,(H,18,19). The van der Waals surface area contributed by atoms with Gasteiger partial charge in [0.1, 0.15) is 17.6 Å². The fourth-order valence-corrected chi connectivity index (χ4v) is 2.89. The van der Waals surface area contributed by atoms with E-state index in [9.17, 15) is 4.79 Å². The third kappa shape index (κ3) is 3.71. The number of carboxylic acids is 1. The average molecular weight is 403 g/mol. The lowest BCUT2D eigenvalue weighted by Crippen LogP contribution is -2.32. The van der Waals surface area contributed by atoms with Crippen molar-refractivity contribution in [2.75, 3.05) is 0 Å². The van der Waals surface area contributed by atoms with Crippen LogP contribution in [0.15, 0.2) is 43.7 Å². The van der Waals surface area contributed by atoms with E-state index in [2.05, 4.69) is 37.2 Å². The molecule has 6 heteroatoms. The molecule has 0 amide bonds. The largest absolute Gasteiger partial charge is 0.480 e. The van der Waals surface area contributed by atoms with Gasteiger partial charge in [-0.1, -0.05) is 15.9 Å². The predicted octanol–water partition coefficient (Wildman–Crippen LogP) is 4.03. The molecule has 20 heavy (non-hydrogen) atoms. The number of hydrogen-bond donors (Lipinski definition) is 2. The van der Waals surface area contributed by atoms with Crippen molar-refractivity contribution in [3.8, 4) is 11.3 Å². The van der Waals surface area contributed by atoms with Crippen molar-refractivity contribution in [3.63, 3.8) is 0 Å². The first-order chi connectivity index (χ1) is 9.47. The minimum atomic E-state index is -0.882. The third-order valence-corrected chi connectivity index (χ3v) is 3.96. The van der Waals surface area contributed by atoms with E-state index in [0.29, 0.717) is 12.3 Å². The zero-order valence-corrected chi connectivity index (χ0v) is 13.9. The molecule has 0 bridgehead atoms. The van der Waals surface area contributed by atoms with Crippen molar-refractivity contribution in [2.45, 2.75) is 19.5 Å². The summed E-state index contributed by atoms with van der Waals surface area (Å²) in [6.07, 6.45) is 0. The monoisotopic (exact) mass is 401 g/mol. The molecule has 0 aliphatic carbocycles. The van der Waals surface area contributed by atoms with Crippen molar-refractivity contribution in [1.82, 2.24) is 5.32 Å². The SMILES string of the molecule is CC(NCc1ccc(-c2ccc(Br)cc2Br)o1)C(=O)O. The highest BCUT2D eigenvalue weighted by Gasteiger charge is 2.12. The van der Waals surface area contributed by atoms with Gasteiger partial charge in [0.25, 0.3) is 0 Å². The van der Waals surface area contributed by atoms with E-state index in [1.165, 1.54) is 0 Å². The van der Waals surface area contributed by atoms with Crippen LogP contribution < -0.4 is 5.32 Å². The lowest BCUT2D eigenvalue weighted by atomic mass is 10.2. The Morgan fingerprint density at radius 2 is 2.10 bits per heavy atom. The van der Waals surface area contributed by atoms with Crippen LogP contribution >= 0.6 is 31.9 Å². The number of aliphatic carboxylic acids is 1. The number of carbonyl (C=O) groups is 1. The number of halogens is 2. The molecule has 1 aromatic carbocycles. The number of furan rings is 1. The molecule has 1 atom stereocenters. The van der Waals surface area contributed by atoms with Crippen LogP contribution in [0.4, 0.5) is 0 Å². The van der Waals surface area contributed by atoms with Gasteiger partial charge in [-0.2, -0.15) is 0 Å². The highest BCUT2D eigenvalue weighted by Crippen LogP contribution is 2.31. The Labute approximate surface area is 133 Å². The second-order valence-corrected chi connectivity index (χ2v) is 6.10. The molecule has 0 fully saturated rings. The predicted molar refractivity (Wildman–Crippen MR) is 83.5 cm³/mol. The van der Waals surface area contributed by atoms with Crippen LogP contribution in [0.3, 0.4) is 0 Å². The van der Waals surface area contributed by atoms with Gasteiger partial charge in [-0.15, -0.1) is 0 Å². The van der Waals surface area contributed by atoms with E-state index in [4.69, 9.17) is 9.52 Å². The number of hydrogen-bond acceptors (Lipinski definition) is 3. The van der Waals surface area contributed by atoms with E-state index in [0.717, 1.165) is 20.3 Å². The van der Waals surface area contributed by atoms with Gasteiger partial charge in [-0.25, -0.2) is 0 Å². The molecule has 2 aromatic rings. The van der Waals surface area contributed by atoms with Crippen molar-refractivity contribution >= 4 is 37.8 Å². The third-order valence-electron chi connectivity index (χ3n) is 2.81. The molecule has 0 saturated heterocycles. The Morgan fingerprint density at radius 1 is 1.35 bits per heavy atom. The van der Waals surface area contributed by atoms with Crippen LogP contribution in [0.5, 0.6) is 0 Å². The van der Waals surface area contributed by atoms with Crippen LogP contribution in [0.25, 0.3) is 11.3 Å². The highest BCUT2D eigenvalue weighted by atomic mass is 79.9. The molecular formula is C14H13Br2NO3. The molecule has 0 spiro atoms. The Balaban J connectivity index is 2.10. The summed E-state index contributed by atoms with van der Waals surface area (Å²) < 4.78 is 7.63. The summed E-state index contributed by atoms with van der Waals surface area (Å²) in [6, 6.07) is 8.93. The van der Waals surface area contributed by atoms with Crippen molar-refractivity contribution in [2.24, 2.45) is 0 Å². The summed E-state index contributed by atoms with van der Waals surface area (Å²) >= 11 is 6.89. The first-order valence-corrected chi connectivity index (χ1v) is 7.56. The molecule has 4 nitrogen and oxygen atoms in total. The molecule has 2 N–H and O–H groups in total. The van der Waals surface area contributed by atoms with Gasteiger partial charge in [-0.05, 0) is 53.2 Å². The number of rotatable bonds is 5. The van der Waals surface area contributed by atoms with E-state index >= 15 is 0 Å². The maximum atomic E-state index is 10.7. The molecule has 1 heterocycles. The quantitative estimate of drug-likeness (QED) is 0.792. The molecule has 0 radical (unpaired) electrons. The van der Waals surface area contributed by atoms with Gasteiger partial charge in [0.15, 0.2) is 0 Å². The van der Waals surface area contributed by atoms with Gasteiger partial charge in [0.2, 0.25) is 0 Å². The minimum absolute atomic E-state index is 0.377. The molecule has 0 aliphatic rings. The van der Waals surface area contributed by atoms with Crippen LogP contribution in [-0.4, -0.2) is 17.1 Å². The second-order valence-electron chi connectivity index (χ2n) is 4.33. The summed E-state index contributed by atoms with van der Waals surface area (Å²) in [6.45, 7) is 1.97. The van der Waals surface area contributed by atoms with Crippen LogP contribution in [-0.2, 0) is 11.3 Å². The lowest BCUT2D eigenvalue weighted by molar-refractivity contribution is -0.139. The summed E-state index contributed by atoms with van der Waals surface area (Å²) in [7, 11) is 0. The highest BCUT2D eigenvalue weighted by molar-refractivity contribution is 9.11. The van der Waals surface area contributed by atoms with Gasteiger partial charge in [0.05, 0.1) is 6.54 Å². The zero-order valence-electron chi connectivity index (χ0n) is 10.7. The summed E-state index contributed by atoms with van der Waals surface area (Å²) in [5.41, 5.74) is 0.950. The fraction of sp³-hybridized carbons (Fsp3) is 0.214. The van der Waals surface area contributed by atoms with Crippen LogP contribution in [0, 0.1) is 0 Å². The molecule has 2 rings (SSSR count). The Kier molecular flexibility index (Phi) is 5.01. The van der Waals surface area contributed by atoms with E-state index in [1.54, 1.807) is 6.92 Å². The van der Waals surface area contributed by atoms with Crippen LogP contribution in [0.2, 0.25) is 0 Å². The number of nitrogens with one attached hydrogen (secondary N) is 1. The Morgan fingerprint density at radius 3 is 2.75 bits per heavy atom. The zero-order chi connectivity index (χ0) is 14.7. The summed E-state index contributed by atoms with van der Waals surface area (Å²) in [4.78, 5) is 10.7. The van der Waals surface area contributed by atoms with Crippen molar-refractivity contribution in [1.29, 1.82) is 0 Å². The van der Waals surface area contributed by atoms with E-state index in [-0.39, 0.29) is 0 Å². The molecule has 1 unspecified atom stereocenters. The Hall–Kier alpha value is -1.11. The summed E-state index contributed by atoms with van der Waals surface area (Å²) in [5, 5.41) is 11.7. The summed E-state index contributed by atoms with van der Waals surface area (Å²) in [5.74, 6) is 0.555. The molecular weight excluding hydrogens is 390 g/mol. The molecule has 0 saturated carbocycles. The topological polar surface area (TPSA) is 62.5 Å². The van der Waals surface area contributed by atoms with Gasteiger partial charge in [0, 0.05) is 14.5 Å². The maximum Gasteiger partial charge on any atom is 0.320 e.